The first-order valence-electron chi connectivity index (χ1n) is 7.02. The Bertz CT molecular complexity index is 479. The highest BCUT2D eigenvalue weighted by atomic mass is 35.5. The van der Waals surface area contributed by atoms with Crippen LogP contribution in [-0.2, 0) is 4.79 Å². The lowest BCUT2D eigenvalue weighted by atomic mass is 9.84. The molecule has 0 bridgehead atoms. The van der Waals surface area contributed by atoms with Crippen molar-refractivity contribution in [2.24, 2.45) is 11.8 Å². The monoisotopic (exact) mass is 334 g/mol. The Morgan fingerprint density at radius 3 is 2.76 bits per heavy atom. The summed E-state index contributed by atoms with van der Waals surface area (Å²) in [5.41, 5.74) is 0.453. The molecule has 1 aromatic rings. The van der Waals surface area contributed by atoms with Crippen LogP contribution in [0.3, 0.4) is 0 Å². The molecule has 0 radical (unpaired) electrons. The van der Waals surface area contributed by atoms with E-state index in [0.717, 1.165) is 25.9 Å². The molecule has 3 nitrogen and oxygen atoms in total. The van der Waals surface area contributed by atoms with Crippen LogP contribution in [0.4, 0.5) is 10.1 Å². The lowest BCUT2D eigenvalue weighted by Gasteiger charge is -2.27. The quantitative estimate of drug-likeness (QED) is 0.877. The van der Waals surface area contributed by atoms with Gasteiger partial charge in [-0.15, -0.1) is 12.4 Å². The number of carbonyl (C=O) groups is 1. The van der Waals surface area contributed by atoms with Crippen LogP contribution in [0.25, 0.3) is 0 Å². The molecular formula is C15H21Cl2FN2O. The van der Waals surface area contributed by atoms with Gasteiger partial charge in [0.15, 0.2) is 0 Å². The minimum atomic E-state index is -0.518. The summed E-state index contributed by atoms with van der Waals surface area (Å²) < 4.78 is 13.3. The smallest absolute Gasteiger partial charge is 0.224 e. The molecule has 21 heavy (non-hydrogen) atoms. The third kappa shape index (κ3) is 5.46. The Morgan fingerprint density at radius 2 is 2.14 bits per heavy atom. The Hall–Kier alpha value is -0.840. The molecule has 2 rings (SSSR count). The summed E-state index contributed by atoms with van der Waals surface area (Å²) in [6, 6.07) is 4.30. The number of halogens is 3. The summed E-state index contributed by atoms with van der Waals surface area (Å²) in [7, 11) is 0. The van der Waals surface area contributed by atoms with E-state index in [1.807, 2.05) is 0 Å². The minimum Gasteiger partial charge on any atom is -0.326 e. The molecule has 1 fully saturated rings. The molecule has 2 N–H and O–H groups in total. The van der Waals surface area contributed by atoms with E-state index in [1.54, 1.807) is 6.07 Å². The summed E-state index contributed by atoms with van der Waals surface area (Å²) in [5, 5.41) is 6.11. The van der Waals surface area contributed by atoms with Gasteiger partial charge in [-0.25, -0.2) is 4.39 Å². The Labute approximate surface area is 136 Å². The first kappa shape index (κ1) is 18.2. The van der Waals surface area contributed by atoms with Crippen molar-refractivity contribution in [3.05, 3.63) is 29.0 Å². The topological polar surface area (TPSA) is 41.1 Å². The van der Waals surface area contributed by atoms with Crippen LogP contribution in [0.5, 0.6) is 0 Å². The van der Waals surface area contributed by atoms with Gasteiger partial charge < -0.3 is 10.6 Å². The number of amides is 1. The fraction of sp³-hybridized carbons (Fsp3) is 0.533. The van der Waals surface area contributed by atoms with Crippen molar-refractivity contribution in [2.75, 3.05) is 18.4 Å². The highest BCUT2D eigenvalue weighted by molar-refractivity contribution is 6.30. The number of carbonyl (C=O) groups excluding carboxylic acids is 1. The van der Waals surface area contributed by atoms with E-state index in [-0.39, 0.29) is 23.3 Å². The second-order valence-corrected chi connectivity index (χ2v) is 5.85. The van der Waals surface area contributed by atoms with Gasteiger partial charge in [-0.1, -0.05) is 18.5 Å². The molecule has 118 valence electrons. The molecule has 0 aliphatic carbocycles. The van der Waals surface area contributed by atoms with Gasteiger partial charge in [0, 0.05) is 12.1 Å². The maximum atomic E-state index is 13.3. The van der Waals surface area contributed by atoms with Gasteiger partial charge >= 0.3 is 0 Å². The highest BCUT2D eigenvalue weighted by Gasteiger charge is 2.22. The van der Waals surface area contributed by atoms with Gasteiger partial charge in [0.25, 0.3) is 0 Å². The van der Waals surface area contributed by atoms with Crippen LogP contribution >= 0.6 is 24.0 Å². The van der Waals surface area contributed by atoms with Crippen LogP contribution in [0.2, 0.25) is 5.02 Å². The molecule has 1 unspecified atom stereocenters. The van der Waals surface area contributed by atoms with E-state index in [4.69, 9.17) is 11.6 Å². The predicted molar refractivity (Wildman–Crippen MR) is 86.7 cm³/mol. The number of piperidine rings is 1. The largest absolute Gasteiger partial charge is 0.326 e. The third-order valence-corrected chi connectivity index (χ3v) is 4.21. The number of rotatable bonds is 4. The third-order valence-electron chi connectivity index (χ3n) is 3.90. The zero-order valence-electron chi connectivity index (χ0n) is 12.0. The van der Waals surface area contributed by atoms with Crippen molar-refractivity contribution in [1.82, 2.24) is 5.32 Å². The number of hydrogen-bond donors (Lipinski definition) is 2. The second kappa shape index (κ2) is 8.57. The molecule has 0 saturated carbocycles. The van der Waals surface area contributed by atoms with Crippen molar-refractivity contribution in [2.45, 2.75) is 26.2 Å². The zero-order valence-corrected chi connectivity index (χ0v) is 13.6. The van der Waals surface area contributed by atoms with E-state index in [1.165, 1.54) is 12.1 Å². The highest BCUT2D eigenvalue weighted by Crippen LogP contribution is 2.25. The molecule has 0 aromatic heterocycles. The van der Waals surface area contributed by atoms with Gasteiger partial charge in [0.05, 0.1) is 5.02 Å². The van der Waals surface area contributed by atoms with E-state index in [9.17, 15) is 9.18 Å². The molecule has 0 spiro atoms. The van der Waals surface area contributed by atoms with Gasteiger partial charge in [0.2, 0.25) is 5.91 Å². The van der Waals surface area contributed by atoms with Gasteiger partial charge in [-0.2, -0.15) is 0 Å². The molecule has 1 atom stereocenters. The van der Waals surface area contributed by atoms with Crippen molar-refractivity contribution >= 4 is 35.6 Å². The van der Waals surface area contributed by atoms with Crippen LogP contribution in [0, 0.1) is 17.7 Å². The Morgan fingerprint density at radius 1 is 1.48 bits per heavy atom. The maximum Gasteiger partial charge on any atom is 0.224 e. The van der Waals surface area contributed by atoms with E-state index < -0.39 is 5.82 Å². The maximum absolute atomic E-state index is 13.3. The predicted octanol–water partition coefficient (Wildman–Crippen LogP) is 3.87. The van der Waals surface area contributed by atoms with Crippen molar-refractivity contribution in [3.8, 4) is 0 Å². The lowest BCUT2D eigenvalue weighted by molar-refractivity contribution is -0.117. The SMILES string of the molecule is CC(CC(=O)Nc1ccc(Cl)c(F)c1)C1CCNCC1.Cl. The summed E-state index contributed by atoms with van der Waals surface area (Å²) >= 11 is 5.61. The fourth-order valence-corrected chi connectivity index (χ4v) is 2.78. The van der Waals surface area contributed by atoms with Crippen LogP contribution in [0.1, 0.15) is 26.2 Å². The molecule has 1 aliphatic rings. The molecule has 1 aliphatic heterocycles. The molecule has 1 saturated heterocycles. The molecule has 1 aromatic carbocycles. The number of anilines is 1. The van der Waals surface area contributed by atoms with E-state index in [2.05, 4.69) is 17.6 Å². The Balaban J connectivity index is 0.00000220. The van der Waals surface area contributed by atoms with Crippen molar-refractivity contribution < 1.29 is 9.18 Å². The van der Waals surface area contributed by atoms with Gasteiger partial charge in [-0.05, 0) is 56.0 Å². The average molecular weight is 335 g/mol. The zero-order chi connectivity index (χ0) is 14.5. The lowest BCUT2D eigenvalue weighted by Crippen LogP contribution is -2.32. The van der Waals surface area contributed by atoms with Crippen molar-refractivity contribution in [3.63, 3.8) is 0 Å². The number of hydrogen-bond acceptors (Lipinski definition) is 2. The minimum absolute atomic E-state index is 0. The average Bonchev–Trinajstić information content (AvgIpc) is 2.44. The fourth-order valence-electron chi connectivity index (χ4n) is 2.66. The molecule has 6 heteroatoms. The molecular weight excluding hydrogens is 314 g/mol. The van der Waals surface area contributed by atoms with Crippen molar-refractivity contribution in [1.29, 1.82) is 0 Å². The molecule has 1 amide bonds. The number of benzene rings is 1. The normalized spacial score (nSPS) is 16.9. The summed E-state index contributed by atoms with van der Waals surface area (Å²) in [6.07, 6.45) is 2.70. The second-order valence-electron chi connectivity index (χ2n) is 5.45. The van der Waals surface area contributed by atoms with Gasteiger partial charge in [-0.3, -0.25) is 4.79 Å². The van der Waals surface area contributed by atoms with Crippen LogP contribution in [0.15, 0.2) is 18.2 Å². The van der Waals surface area contributed by atoms with E-state index >= 15 is 0 Å². The first-order chi connectivity index (χ1) is 9.56. The van der Waals surface area contributed by atoms with Crippen LogP contribution in [-0.4, -0.2) is 19.0 Å². The first-order valence-corrected chi connectivity index (χ1v) is 7.39. The van der Waals surface area contributed by atoms with Gasteiger partial charge in [0.1, 0.15) is 5.82 Å². The summed E-state index contributed by atoms with van der Waals surface area (Å²) in [5.74, 6) is 0.340. The summed E-state index contributed by atoms with van der Waals surface area (Å²) in [6.45, 7) is 4.16. The Kier molecular flexibility index (Phi) is 7.43. The molecule has 1 heterocycles. The summed E-state index contributed by atoms with van der Waals surface area (Å²) in [4.78, 5) is 12.0. The van der Waals surface area contributed by atoms with E-state index in [0.29, 0.717) is 23.9 Å². The standard InChI is InChI=1S/C15H20ClFN2O.ClH/c1-10(11-4-6-18-7-5-11)8-15(20)19-12-2-3-13(16)14(17)9-12;/h2-3,9-11,18H,4-8H2,1H3,(H,19,20);1H. The van der Waals surface area contributed by atoms with Crippen LogP contribution < -0.4 is 10.6 Å². The number of nitrogens with one attached hydrogen (secondary N) is 2.